The highest BCUT2D eigenvalue weighted by molar-refractivity contribution is 5.54. The molecular formula is C97H114N28O7. The summed E-state index contributed by atoms with van der Waals surface area (Å²) in [6.07, 6.45) is 18.7. The number of hydrogen-bond acceptors (Lipinski definition) is 21. The van der Waals surface area contributed by atoms with Crippen molar-refractivity contribution in [3.05, 3.63) is 269 Å². The third-order valence-electron chi connectivity index (χ3n) is 23.9. The maximum Gasteiger partial charge on any atom is 0.289 e. The van der Waals surface area contributed by atoms with Crippen molar-refractivity contribution in [1.82, 2.24) is 102 Å². The Labute approximate surface area is 761 Å². The molecule has 0 atom stereocenters. The van der Waals surface area contributed by atoms with Crippen molar-refractivity contribution in [3.63, 3.8) is 0 Å². The summed E-state index contributed by atoms with van der Waals surface area (Å²) in [5, 5.41) is 83.9. The van der Waals surface area contributed by atoms with Gasteiger partial charge in [-0.15, -0.1) is 0 Å². The van der Waals surface area contributed by atoms with Crippen LogP contribution in [0.2, 0.25) is 0 Å². The average Bonchev–Trinajstić information content (AvgIpc) is 1.59. The molecule has 0 saturated heterocycles. The Bertz CT molecular complexity index is 7490. The molecule has 14 aromatic heterocycles. The summed E-state index contributed by atoms with van der Waals surface area (Å²) < 4.78 is 9.51. The van der Waals surface area contributed by atoms with Gasteiger partial charge in [0, 0.05) is 42.4 Å². The van der Waals surface area contributed by atoms with Gasteiger partial charge in [-0.25, -0.2) is 34.9 Å². The molecule has 1 aliphatic rings. The molecule has 0 bridgehead atoms. The van der Waals surface area contributed by atoms with E-state index in [-0.39, 0.29) is 89.2 Å². The molecule has 0 spiro atoms. The van der Waals surface area contributed by atoms with Crippen molar-refractivity contribution in [2.24, 2.45) is 11.8 Å². The number of rotatable bonds is 20. The number of hydrogen-bond donors (Lipinski definition) is 7. The number of aryl methyl sites for hydroxylation is 11. The second kappa shape index (κ2) is 44.1. The van der Waals surface area contributed by atoms with Gasteiger partial charge in [0.05, 0.1) is 0 Å². The van der Waals surface area contributed by atoms with E-state index in [0.29, 0.717) is 109 Å². The molecule has 14 heterocycles. The lowest BCUT2D eigenvalue weighted by atomic mass is 9.89. The van der Waals surface area contributed by atoms with Crippen LogP contribution in [0.4, 0.5) is 0 Å². The van der Waals surface area contributed by atoms with E-state index in [9.17, 15) is 33.6 Å². The van der Waals surface area contributed by atoms with Crippen LogP contribution in [0.25, 0.3) is 39.5 Å². The van der Waals surface area contributed by atoms with Crippen molar-refractivity contribution in [2.75, 3.05) is 0 Å². The average molecular weight is 1780 g/mol. The highest BCUT2D eigenvalue weighted by Crippen LogP contribution is 2.32. The van der Waals surface area contributed by atoms with Crippen molar-refractivity contribution in [1.29, 1.82) is 36.8 Å². The highest BCUT2D eigenvalue weighted by atomic mass is 16.2. The summed E-state index contributed by atoms with van der Waals surface area (Å²) in [7, 11) is 0. The molecule has 35 nitrogen and oxygen atoms in total. The smallest absolute Gasteiger partial charge is 0.276 e. The second-order valence-corrected chi connectivity index (χ2v) is 34.7. The Morgan fingerprint density at radius 2 is 0.689 bits per heavy atom. The van der Waals surface area contributed by atoms with Gasteiger partial charge >= 0.3 is 0 Å². The molecule has 0 unspecified atom stereocenters. The maximum atomic E-state index is 12.2. The Morgan fingerprint density at radius 3 is 1.04 bits per heavy atom. The molecule has 132 heavy (non-hydrogen) atoms. The lowest BCUT2D eigenvalue weighted by Crippen LogP contribution is -2.21. The normalized spacial score (nSPS) is 11.9. The van der Waals surface area contributed by atoms with Crippen LogP contribution >= 0.6 is 0 Å². The van der Waals surface area contributed by atoms with Crippen molar-refractivity contribution < 1.29 is 0 Å². The van der Waals surface area contributed by atoms with E-state index in [0.717, 1.165) is 131 Å². The molecule has 684 valence electrons. The molecule has 1 aromatic carbocycles. The van der Waals surface area contributed by atoms with Crippen LogP contribution in [-0.4, -0.2) is 102 Å². The van der Waals surface area contributed by atoms with Crippen LogP contribution in [-0.2, 0) is 31.1 Å². The monoisotopic (exact) mass is 1780 g/mol. The number of aromatic amines is 7. The first kappa shape index (κ1) is 98.8. The van der Waals surface area contributed by atoms with Gasteiger partial charge in [0.1, 0.15) is 122 Å². The van der Waals surface area contributed by atoms with Crippen molar-refractivity contribution >= 4 is 39.5 Å². The van der Waals surface area contributed by atoms with E-state index in [1.165, 1.54) is 56.4 Å². The van der Waals surface area contributed by atoms with Crippen LogP contribution < -0.4 is 38.9 Å². The number of benzene rings is 1. The zero-order valence-corrected chi connectivity index (χ0v) is 78.3. The fourth-order valence-electron chi connectivity index (χ4n) is 15.5. The number of nitrogens with one attached hydrogen (secondary N) is 7. The number of fused-ring (bicyclic) bond motifs is 7. The summed E-state index contributed by atoms with van der Waals surface area (Å²) in [5.41, 5.74) is 8.79. The predicted octanol–water partition coefficient (Wildman–Crippen LogP) is 14.7. The summed E-state index contributed by atoms with van der Waals surface area (Å²) in [6.45, 7) is 35.4. The number of aromatic nitrogens is 21. The van der Waals surface area contributed by atoms with Gasteiger partial charge in [-0.05, 0) is 199 Å². The van der Waals surface area contributed by atoms with Crippen LogP contribution in [0, 0.1) is 140 Å². The van der Waals surface area contributed by atoms with E-state index >= 15 is 0 Å². The molecule has 1 saturated carbocycles. The molecule has 0 radical (unpaired) electrons. The first-order valence-electron chi connectivity index (χ1n) is 44.8. The van der Waals surface area contributed by atoms with Crippen LogP contribution in [0.3, 0.4) is 0 Å². The Morgan fingerprint density at radius 1 is 0.371 bits per heavy atom. The summed E-state index contributed by atoms with van der Waals surface area (Å²) >= 11 is 0. The Balaban J connectivity index is 0.000000160. The van der Waals surface area contributed by atoms with Crippen LogP contribution in [0.5, 0.6) is 0 Å². The summed E-state index contributed by atoms with van der Waals surface area (Å²) in [5.74, 6) is 7.82. The quantitative estimate of drug-likeness (QED) is 0.0372. The highest BCUT2D eigenvalue weighted by Gasteiger charge is 2.26. The van der Waals surface area contributed by atoms with Gasteiger partial charge in [-0.3, -0.25) is 69.3 Å². The minimum Gasteiger partial charge on any atom is -0.276 e. The molecule has 1 fully saturated rings. The van der Waals surface area contributed by atoms with Crippen molar-refractivity contribution in [3.8, 4) is 42.5 Å². The number of nitrogens with zero attached hydrogens (tertiary/aromatic N) is 21. The number of nitriles is 7. The first-order valence-corrected chi connectivity index (χ1v) is 44.8. The third kappa shape index (κ3) is 22.5. The van der Waals surface area contributed by atoms with Gasteiger partial charge in [0.25, 0.3) is 38.9 Å². The van der Waals surface area contributed by atoms with Crippen LogP contribution in [0.1, 0.15) is 308 Å². The van der Waals surface area contributed by atoms with Gasteiger partial charge < -0.3 is 0 Å². The molecule has 0 amide bonds. The van der Waals surface area contributed by atoms with Crippen LogP contribution in [0.15, 0.2) is 106 Å². The summed E-state index contributed by atoms with van der Waals surface area (Å²) in [4.78, 5) is 116. The molecular weight excluding hydrogens is 1670 g/mol. The van der Waals surface area contributed by atoms with E-state index in [2.05, 4.69) is 145 Å². The molecule has 7 N–H and O–H groups in total. The molecule has 0 aliphatic heterocycles. The zero-order valence-electron chi connectivity index (χ0n) is 78.3. The van der Waals surface area contributed by atoms with E-state index in [1.807, 2.05) is 74.5 Å². The second-order valence-electron chi connectivity index (χ2n) is 34.7. The van der Waals surface area contributed by atoms with Gasteiger partial charge in [-0.1, -0.05) is 151 Å². The lowest BCUT2D eigenvalue weighted by molar-refractivity contribution is 0.428. The number of pyridine rings is 7. The van der Waals surface area contributed by atoms with Gasteiger partial charge in [0.2, 0.25) is 0 Å². The molecule has 16 rings (SSSR count). The van der Waals surface area contributed by atoms with Gasteiger partial charge in [-0.2, -0.15) is 68.4 Å². The molecule has 1 aliphatic carbocycles. The zero-order chi connectivity index (χ0) is 96.3. The minimum atomic E-state index is -0.342. The molecule has 35 heteroatoms. The van der Waals surface area contributed by atoms with Gasteiger partial charge in [0.15, 0.2) is 39.5 Å². The maximum absolute atomic E-state index is 12.2. The largest absolute Gasteiger partial charge is 0.289 e. The van der Waals surface area contributed by atoms with E-state index in [1.54, 1.807) is 90.9 Å². The molecule has 15 aromatic rings. The Hall–Kier alpha value is -15.4. The number of H-pyrrole nitrogens is 7. The fourth-order valence-corrected chi connectivity index (χ4v) is 15.5. The SMILES string of the molecule is CCC(C)(C)c1nc2cc(C)c(C#N)c(=O)n2[nH]1.CCC(CC)CCc1nc2cc(C)c(C#N)c(=O)n2[nH]1.CCCC(CCC)c1nc2cc(C)c(C#N)c(=O)n2[nH]1.Cc1cc2nc(C(C)C)[nH]n2c(=O)c1C#N.Cc1cc2nc(C3CCCCC3)[nH]n2c(=O)c1C#N.Cc1cc2nc(CCC(C)C)[nH]n2c(=O)c1C#N.Cc1cc2nc(CCc3ccccc3)[nH]n2c(=O)c1C#N. The van der Waals surface area contributed by atoms with E-state index < -0.39 is 0 Å². The third-order valence-corrected chi connectivity index (χ3v) is 23.9. The first-order chi connectivity index (χ1) is 63.1. The Kier molecular flexibility index (Phi) is 33.0. The predicted molar refractivity (Wildman–Crippen MR) is 502 cm³/mol. The minimum absolute atomic E-state index is 0.126. The lowest BCUT2D eigenvalue weighted by Gasteiger charge is -2.18. The fraction of sp³-hybridized carbons (Fsp3) is 0.433. The van der Waals surface area contributed by atoms with E-state index in [4.69, 9.17) is 36.8 Å². The summed E-state index contributed by atoms with van der Waals surface area (Å²) in [6, 6.07) is 36.1. The topological polar surface area (TPSA) is 518 Å². The standard InChI is InChI=1S/C16H14N4O.2C15H20N4O.C14H16N4O.2C13H16N4O.C11H12N4O/c1-11-9-15-18-14(8-7-12-5-3-2-4-6-12)19-20(15)16(21)13(11)10-17;1-4-11(5-2)6-7-13-17-14-8-10(3)12(9-16)15(20)19(14)18-13;1-4-6-11(7-5-2)14-17-13-8-10(3)12(9-16)15(20)19(13)18-14;1-9-7-12-16-13(10-5-3-2-4-6-10)17-18(12)14(19)11(9)8-15;1-8(2)4-5-11-15-12-6-9(3)10(7-14)13(18)17(12)16-11;1-5-13(3,4)12-15-10-6-8(2)9(7-14)11(18)17(10)16-12;1-6(2)10-13-9-4-7(3)8(5-12)11(16)15(9)14-10/h2-6,9H,7-8H2,1H3,(H,18,19);2*8,11H,4-7H2,1-3H3,(H,17,18);7,10H,2-6H2,1H3,(H,16,17);6,8H,4-5H2,1-3H3,(H,15,16);6H,5H2,1-4H3,(H,15,16);4,6H,1-3H3,(H,13,14). The van der Waals surface area contributed by atoms with Crippen molar-refractivity contribution in [2.45, 2.75) is 263 Å².